The Morgan fingerprint density at radius 2 is 1.86 bits per heavy atom. The summed E-state index contributed by atoms with van der Waals surface area (Å²) >= 11 is 3.43. The Labute approximate surface area is 136 Å². The van der Waals surface area contributed by atoms with Crippen LogP contribution in [0.5, 0.6) is 0 Å². The summed E-state index contributed by atoms with van der Waals surface area (Å²) in [5, 5.41) is 3.12. The van der Waals surface area contributed by atoms with Gasteiger partial charge in [-0.25, -0.2) is 0 Å². The molecule has 1 heterocycles. The second-order valence-electron chi connectivity index (χ2n) is 6.62. The van der Waals surface area contributed by atoms with Crippen LogP contribution in [0.25, 0.3) is 0 Å². The smallest absolute Gasteiger partial charge is 0.275 e. The molecule has 3 nitrogen and oxygen atoms in total. The number of rotatable bonds is 4. The number of carbonyl (C=O) groups excluding carboxylic acids is 1. The summed E-state index contributed by atoms with van der Waals surface area (Å²) in [5.74, 6) is 1.60. The Hall–Kier alpha value is -0.870. The molecule has 0 radical (unpaired) electrons. The summed E-state index contributed by atoms with van der Waals surface area (Å²) in [6.45, 7) is 9.44. The first-order valence-corrected chi connectivity index (χ1v) is 8.61. The molecule has 1 fully saturated rings. The third-order valence-electron chi connectivity index (χ3n) is 4.24. The number of nitrogens with one attached hydrogen (secondary N) is 2. The average molecular weight is 354 g/mol. The lowest BCUT2D eigenvalue weighted by Crippen LogP contribution is -3.15. The molecule has 1 aromatic rings. The highest BCUT2D eigenvalue weighted by Gasteiger charge is 2.27. The van der Waals surface area contributed by atoms with Gasteiger partial charge < -0.3 is 10.2 Å². The normalized spacial score (nSPS) is 27.1. The number of amides is 1. The third kappa shape index (κ3) is 5.11. The zero-order valence-corrected chi connectivity index (χ0v) is 14.7. The molecule has 1 aliphatic heterocycles. The van der Waals surface area contributed by atoms with E-state index in [0.29, 0.717) is 6.54 Å². The van der Waals surface area contributed by atoms with E-state index in [-0.39, 0.29) is 11.9 Å². The van der Waals surface area contributed by atoms with E-state index in [1.165, 1.54) is 11.3 Å². The van der Waals surface area contributed by atoms with E-state index in [9.17, 15) is 4.79 Å². The van der Waals surface area contributed by atoms with E-state index < -0.39 is 0 Å². The van der Waals surface area contributed by atoms with Crippen LogP contribution in [0.15, 0.2) is 28.7 Å². The first-order chi connectivity index (χ1) is 9.94. The summed E-state index contributed by atoms with van der Waals surface area (Å²) in [6, 6.07) is 8.18. The van der Waals surface area contributed by atoms with Crippen molar-refractivity contribution in [3.8, 4) is 0 Å². The van der Waals surface area contributed by atoms with Crippen LogP contribution < -0.4 is 10.2 Å². The molecule has 0 aromatic heterocycles. The predicted molar refractivity (Wildman–Crippen MR) is 89.2 cm³/mol. The van der Waals surface area contributed by atoms with Crippen LogP contribution in [0.2, 0.25) is 0 Å². The van der Waals surface area contributed by atoms with Crippen molar-refractivity contribution in [2.75, 3.05) is 19.6 Å². The first kappa shape index (κ1) is 16.5. The van der Waals surface area contributed by atoms with Gasteiger partial charge in [0, 0.05) is 16.3 Å². The predicted octanol–water partition coefficient (Wildman–Crippen LogP) is 2.19. The molecule has 1 saturated heterocycles. The molecule has 0 aliphatic carbocycles. The fourth-order valence-corrected chi connectivity index (χ4v) is 3.69. The van der Waals surface area contributed by atoms with Crippen molar-refractivity contribution in [1.82, 2.24) is 5.32 Å². The lowest BCUT2D eigenvalue weighted by atomic mass is 9.92. The molecule has 2 N–H and O–H groups in total. The van der Waals surface area contributed by atoms with Gasteiger partial charge in [0.25, 0.3) is 5.91 Å². The standard InChI is InChI=1S/C17H25BrN2O/c1-12-8-13(2)10-20(9-12)11-17(21)19-14(3)15-4-6-16(18)7-5-15/h4-7,12-14H,8-11H2,1-3H3,(H,19,21)/p+1/t12-,13-,14-/m0/s1. The lowest BCUT2D eigenvalue weighted by molar-refractivity contribution is -0.904. The quantitative estimate of drug-likeness (QED) is 0.854. The first-order valence-electron chi connectivity index (χ1n) is 7.82. The maximum Gasteiger partial charge on any atom is 0.275 e. The minimum absolute atomic E-state index is 0.0598. The van der Waals surface area contributed by atoms with E-state index in [0.717, 1.165) is 35.0 Å². The highest BCUT2D eigenvalue weighted by Crippen LogP contribution is 2.16. The molecule has 1 aliphatic rings. The fourth-order valence-electron chi connectivity index (χ4n) is 3.42. The van der Waals surface area contributed by atoms with Crippen molar-refractivity contribution in [1.29, 1.82) is 0 Å². The minimum Gasteiger partial charge on any atom is -0.345 e. The van der Waals surface area contributed by atoms with Crippen LogP contribution in [0.4, 0.5) is 0 Å². The van der Waals surface area contributed by atoms with Crippen molar-refractivity contribution in [2.45, 2.75) is 33.2 Å². The zero-order valence-electron chi connectivity index (χ0n) is 13.2. The molecule has 1 aromatic carbocycles. The molecule has 116 valence electrons. The second-order valence-corrected chi connectivity index (χ2v) is 7.54. The van der Waals surface area contributed by atoms with Gasteiger partial charge in [0.2, 0.25) is 0 Å². The topological polar surface area (TPSA) is 33.5 Å². The SMILES string of the molecule is C[C@H]1C[C@H](C)C[NH+](CC(=O)N[C@@H](C)c2ccc(Br)cc2)C1. The summed E-state index contributed by atoms with van der Waals surface area (Å²) in [5.41, 5.74) is 1.14. The average Bonchev–Trinajstić information content (AvgIpc) is 2.37. The number of hydrogen-bond acceptors (Lipinski definition) is 1. The van der Waals surface area contributed by atoms with Crippen LogP contribution >= 0.6 is 15.9 Å². The van der Waals surface area contributed by atoms with E-state index >= 15 is 0 Å². The van der Waals surface area contributed by atoms with Gasteiger partial charge in [0.05, 0.1) is 19.1 Å². The summed E-state index contributed by atoms with van der Waals surface area (Å²) in [7, 11) is 0. The van der Waals surface area contributed by atoms with Crippen molar-refractivity contribution in [3.63, 3.8) is 0 Å². The molecule has 1 amide bonds. The van der Waals surface area contributed by atoms with Crippen LogP contribution in [0, 0.1) is 11.8 Å². The van der Waals surface area contributed by atoms with Crippen molar-refractivity contribution >= 4 is 21.8 Å². The fraction of sp³-hybridized carbons (Fsp3) is 0.588. The monoisotopic (exact) mass is 353 g/mol. The molecular weight excluding hydrogens is 328 g/mol. The summed E-state index contributed by atoms with van der Waals surface area (Å²) < 4.78 is 1.06. The Balaban J connectivity index is 1.85. The summed E-state index contributed by atoms with van der Waals surface area (Å²) in [4.78, 5) is 13.7. The van der Waals surface area contributed by atoms with E-state index in [4.69, 9.17) is 0 Å². The molecule has 4 heteroatoms. The lowest BCUT2D eigenvalue weighted by Gasteiger charge is -2.31. The molecular formula is C17H26BrN2O+. The van der Waals surface area contributed by atoms with Gasteiger partial charge in [0.15, 0.2) is 6.54 Å². The van der Waals surface area contributed by atoms with Gasteiger partial charge >= 0.3 is 0 Å². The number of benzene rings is 1. The number of piperidine rings is 1. The number of carbonyl (C=O) groups is 1. The second kappa shape index (κ2) is 7.41. The van der Waals surface area contributed by atoms with E-state index in [2.05, 4.69) is 35.1 Å². The Morgan fingerprint density at radius 3 is 2.43 bits per heavy atom. The van der Waals surface area contributed by atoms with Crippen LogP contribution in [0.1, 0.15) is 38.8 Å². The van der Waals surface area contributed by atoms with Crippen molar-refractivity contribution < 1.29 is 9.69 Å². The molecule has 2 rings (SSSR count). The van der Waals surface area contributed by atoms with Gasteiger partial charge in [0.1, 0.15) is 0 Å². The highest BCUT2D eigenvalue weighted by molar-refractivity contribution is 9.10. The molecule has 21 heavy (non-hydrogen) atoms. The van der Waals surface area contributed by atoms with Gasteiger partial charge in [-0.1, -0.05) is 41.9 Å². The van der Waals surface area contributed by atoms with Gasteiger partial charge in [-0.05, 0) is 31.0 Å². The number of hydrogen-bond donors (Lipinski definition) is 2. The Morgan fingerprint density at radius 1 is 1.29 bits per heavy atom. The minimum atomic E-state index is 0.0598. The molecule has 0 bridgehead atoms. The van der Waals surface area contributed by atoms with E-state index in [1.807, 2.05) is 31.2 Å². The Kier molecular flexibility index (Phi) is 5.82. The number of halogens is 1. The highest BCUT2D eigenvalue weighted by atomic mass is 79.9. The number of quaternary nitrogens is 1. The van der Waals surface area contributed by atoms with Crippen LogP contribution in [-0.2, 0) is 4.79 Å². The maximum atomic E-state index is 12.2. The van der Waals surface area contributed by atoms with Gasteiger partial charge in [-0.15, -0.1) is 0 Å². The van der Waals surface area contributed by atoms with Crippen molar-refractivity contribution in [3.05, 3.63) is 34.3 Å². The number of likely N-dealkylation sites (tertiary alicyclic amines) is 1. The molecule has 0 spiro atoms. The third-order valence-corrected chi connectivity index (χ3v) is 4.77. The Bertz CT molecular complexity index is 464. The van der Waals surface area contributed by atoms with Crippen molar-refractivity contribution in [2.24, 2.45) is 11.8 Å². The maximum absolute atomic E-state index is 12.2. The summed E-state index contributed by atoms with van der Waals surface area (Å²) in [6.07, 6.45) is 1.29. The molecule has 0 saturated carbocycles. The van der Waals surface area contributed by atoms with Gasteiger partial charge in [-0.3, -0.25) is 4.79 Å². The molecule has 0 unspecified atom stereocenters. The van der Waals surface area contributed by atoms with E-state index in [1.54, 1.807) is 0 Å². The largest absolute Gasteiger partial charge is 0.345 e. The van der Waals surface area contributed by atoms with Crippen LogP contribution in [0.3, 0.4) is 0 Å². The molecule has 3 atom stereocenters. The van der Waals surface area contributed by atoms with Crippen LogP contribution in [-0.4, -0.2) is 25.5 Å². The van der Waals surface area contributed by atoms with Gasteiger partial charge in [-0.2, -0.15) is 0 Å². The zero-order chi connectivity index (χ0) is 15.4.